The van der Waals surface area contributed by atoms with Crippen LogP contribution in [0.5, 0.6) is 0 Å². The zero-order valence-corrected chi connectivity index (χ0v) is 11.3. The van der Waals surface area contributed by atoms with Gasteiger partial charge in [0.25, 0.3) is 0 Å². The van der Waals surface area contributed by atoms with Crippen molar-refractivity contribution in [2.75, 3.05) is 19.6 Å². The number of rotatable bonds is 4. The maximum atomic E-state index is 11.9. The van der Waals surface area contributed by atoms with Gasteiger partial charge >= 0.3 is 0 Å². The van der Waals surface area contributed by atoms with Crippen LogP contribution in [-0.4, -0.2) is 36.4 Å². The van der Waals surface area contributed by atoms with Gasteiger partial charge in [-0.2, -0.15) is 0 Å². The smallest absolute Gasteiger partial charge is 0.152 e. The highest BCUT2D eigenvalue weighted by Gasteiger charge is 2.18. The molecule has 3 nitrogen and oxygen atoms in total. The number of nitrogens with zero attached hydrogens (tertiary/aromatic N) is 1. The van der Waals surface area contributed by atoms with E-state index in [0.717, 1.165) is 35.1 Å². The van der Waals surface area contributed by atoms with Crippen molar-refractivity contribution in [1.29, 1.82) is 0 Å². The van der Waals surface area contributed by atoms with Gasteiger partial charge in [0, 0.05) is 30.4 Å². The molecule has 0 atom stereocenters. The molecule has 0 bridgehead atoms. The number of carbonyl (C=O) groups excluding carboxylic acids is 1. The van der Waals surface area contributed by atoms with Crippen molar-refractivity contribution in [1.82, 2.24) is 4.90 Å². The van der Waals surface area contributed by atoms with Gasteiger partial charge in [0.15, 0.2) is 5.78 Å². The predicted octanol–water partition coefficient (Wildman–Crippen LogP) is 1.94. The van der Waals surface area contributed by atoms with Gasteiger partial charge in [-0.3, -0.25) is 9.69 Å². The number of likely N-dealkylation sites (tertiary alicyclic amines) is 1. The zero-order chi connectivity index (χ0) is 12.3. The fourth-order valence-corrected chi connectivity index (χ4v) is 3.17. The standard InChI is InChI=1S/C12H17ClN2OS/c13-12-2-1-11(17-12)7-10(16)8-15-5-3-9(14)4-6-15/h1-2,9H,3-8,14H2. The molecule has 1 saturated heterocycles. The third-order valence-electron chi connectivity index (χ3n) is 3.03. The Balaban J connectivity index is 1.77. The first kappa shape index (κ1) is 13.0. The molecule has 0 saturated carbocycles. The average molecular weight is 273 g/mol. The Bertz CT molecular complexity index is 386. The SMILES string of the molecule is NC1CCN(CC(=O)Cc2ccc(Cl)s2)CC1. The average Bonchev–Trinajstić information content (AvgIpc) is 2.67. The lowest BCUT2D eigenvalue weighted by Gasteiger charge is -2.29. The van der Waals surface area contributed by atoms with Crippen LogP contribution in [0.25, 0.3) is 0 Å². The number of halogens is 1. The normalized spacial score (nSPS) is 18.5. The van der Waals surface area contributed by atoms with Gasteiger partial charge < -0.3 is 5.73 Å². The molecule has 0 amide bonds. The van der Waals surface area contributed by atoms with E-state index in [9.17, 15) is 4.79 Å². The largest absolute Gasteiger partial charge is 0.328 e. The minimum Gasteiger partial charge on any atom is -0.328 e. The van der Waals surface area contributed by atoms with Crippen LogP contribution in [0.3, 0.4) is 0 Å². The highest BCUT2D eigenvalue weighted by molar-refractivity contribution is 7.16. The molecule has 94 valence electrons. The molecule has 1 aliphatic rings. The third kappa shape index (κ3) is 4.07. The molecule has 5 heteroatoms. The molecule has 17 heavy (non-hydrogen) atoms. The van der Waals surface area contributed by atoms with Gasteiger partial charge in [0.2, 0.25) is 0 Å². The Morgan fingerprint density at radius 3 is 2.76 bits per heavy atom. The first-order valence-electron chi connectivity index (χ1n) is 5.87. The Hall–Kier alpha value is -0.420. The number of nitrogens with two attached hydrogens (primary N) is 1. The summed E-state index contributed by atoms with van der Waals surface area (Å²) >= 11 is 7.32. The van der Waals surface area contributed by atoms with Crippen molar-refractivity contribution in [3.05, 3.63) is 21.3 Å². The fourth-order valence-electron chi connectivity index (χ4n) is 2.06. The molecule has 2 rings (SSSR count). The number of ketones is 1. The van der Waals surface area contributed by atoms with Crippen LogP contribution < -0.4 is 5.73 Å². The first-order chi connectivity index (χ1) is 8.13. The minimum atomic E-state index is 0.263. The number of thiophene rings is 1. The molecule has 1 aromatic rings. The van der Waals surface area contributed by atoms with Crippen molar-refractivity contribution in [2.45, 2.75) is 25.3 Å². The molecular formula is C12H17ClN2OS. The summed E-state index contributed by atoms with van der Waals surface area (Å²) in [4.78, 5) is 15.1. The highest BCUT2D eigenvalue weighted by atomic mass is 35.5. The van der Waals surface area contributed by atoms with E-state index in [1.165, 1.54) is 11.3 Å². The molecule has 2 heterocycles. The number of carbonyl (C=O) groups is 1. The monoisotopic (exact) mass is 272 g/mol. The fraction of sp³-hybridized carbons (Fsp3) is 0.583. The summed E-state index contributed by atoms with van der Waals surface area (Å²) in [6.07, 6.45) is 2.50. The van der Waals surface area contributed by atoms with Crippen LogP contribution in [0.4, 0.5) is 0 Å². The van der Waals surface area contributed by atoms with Gasteiger partial charge in [-0.25, -0.2) is 0 Å². The van der Waals surface area contributed by atoms with E-state index in [-0.39, 0.29) is 5.78 Å². The minimum absolute atomic E-state index is 0.263. The van der Waals surface area contributed by atoms with E-state index < -0.39 is 0 Å². The molecule has 0 spiro atoms. The molecule has 0 radical (unpaired) electrons. The number of hydrogen-bond acceptors (Lipinski definition) is 4. The third-order valence-corrected chi connectivity index (χ3v) is 4.26. The van der Waals surface area contributed by atoms with E-state index in [4.69, 9.17) is 17.3 Å². The van der Waals surface area contributed by atoms with E-state index in [2.05, 4.69) is 4.90 Å². The molecular weight excluding hydrogens is 256 g/mol. The molecule has 0 unspecified atom stereocenters. The van der Waals surface area contributed by atoms with Crippen molar-refractivity contribution in [3.8, 4) is 0 Å². The maximum absolute atomic E-state index is 11.9. The molecule has 1 aromatic heterocycles. The summed E-state index contributed by atoms with van der Waals surface area (Å²) in [5.41, 5.74) is 5.83. The van der Waals surface area contributed by atoms with E-state index in [0.29, 0.717) is 19.0 Å². The van der Waals surface area contributed by atoms with E-state index in [1.54, 1.807) is 0 Å². The summed E-state index contributed by atoms with van der Waals surface area (Å²) < 4.78 is 0.747. The lowest BCUT2D eigenvalue weighted by Crippen LogP contribution is -2.42. The van der Waals surface area contributed by atoms with Crippen molar-refractivity contribution >= 4 is 28.7 Å². The topological polar surface area (TPSA) is 46.3 Å². The second-order valence-corrected chi connectivity index (χ2v) is 6.33. The Labute approximate surface area is 111 Å². The van der Waals surface area contributed by atoms with Crippen molar-refractivity contribution < 1.29 is 4.79 Å². The molecule has 1 fully saturated rings. The van der Waals surface area contributed by atoms with Crippen LogP contribution in [0.15, 0.2) is 12.1 Å². The predicted molar refractivity (Wildman–Crippen MR) is 71.7 cm³/mol. The van der Waals surface area contributed by atoms with Crippen LogP contribution in [0.2, 0.25) is 4.34 Å². The number of hydrogen-bond donors (Lipinski definition) is 1. The van der Waals surface area contributed by atoms with Crippen molar-refractivity contribution in [3.63, 3.8) is 0 Å². The molecule has 2 N–H and O–H groups in total. The van der Waals surface area contributed by atoms with Crippen LogP contribution in [-0.2, 0) is 11.2 Å². The Morgan fingerprint density at radius 2 is 2.18 bits per heavy atom. The lowest BCUT2D eigenvalue weighted by molar-refractivity contribution is -0.119. The van der Waals surface area contributed by atoms with Gasteiger partial charge in [0.05, 0.1) is 10.9 Å². The highest BCUT2D eigenvalue weighted by Crippen LogP contribution is 2.22. The van der Waals surface area contributed by atoms with E-state index >= 15 is 0 Å². The van der Waals surface area contributed by atoms with Gasteiger partial charge in [-0.15, -0.1) is 11.3 Å². The molecule has 0 aliphatic carbocycles. The number of Topliss-reactive ketones (excluding diaryl/α,β-unsaturated/α-hetero) is 1. The maximum Gasteiger partial charge on any atom is 0.152 e. The van der Waals surface area contributed by atoms with Crippen LogP contribution in [0, 0.1) is 0 Å². The zero-order valence-electron chi connectivity index (χ0n) is 9.69. The van der Waals surface area contributed by atoms with Gasteiger partial charge in [0.1, 0.15) is 0 Å². The second kappa shape index (κ2) is 5.96. The van der Waals surface area contributed by atoms with Gasteiger partial charge in [-0.05, 0) is 25.0 Å². The lowest BCUT2D eigenvalue weighted by atomic mass is 10.1. The summed E-state index contributed by atoms with van der Waals surface area (Å²) in [5, 5.41) is 0. The van der Waals surface area contributed by atoms with Crippen LogP contribution >= 0.6 is 22.9 Å². The van der Waals surface area contributed by atoms with E-state index in [1.807, 2.05) is 12.1 Å². The quantitative estimate of drug-likeness (QED) is 0.911. The van der Waals surface area contributed by atoms with Crippen molar-refractivity contribution in [2.24, 2.45) is 5.73 Å². The summed E-state index contributed by atoms with van der Waals surface area (Å²) in [5.74, 6) is 0.263. The first-order valence-corrected chi connectivity index (χ1v) is 7.07. The summed E-state index contributed by atoms with van der Waals surface area (Å²) in [6.45, 7) is 2.43. The molecule has 1 aliphatic heterocycles. The Morgan fingerprint density at radius 1 is 1.47 bits per heavy atom. The number of piperidine rings is 1. The molecule has 0 aromatic carbocycles. The summed E-state index contributed by atoms with van der Waals surface area (Å²) in [6, 6.07) is 4.09. The van der Waals surface area contributed by atoms with Gasteiger partial charge in [-0.1, -0.05) is 11.6 Å². The Kier molecular flexibility index (Phi) is 4.56. The summed E-state index contributed by atoms with van der Waals surface area (Å²) in [7, 11) is 0. The second-order valence-electron chi connectivity index (χ2n) is 4.53. The van der Waals surface area contributed by atoms with Crippen LogP contribution in [0.1, 0.15) is 17.7 Å².